The first kappa shape index (κ1) is 20.2. The molecule has 2 N–H and O–H groups in total. The highest BCUT2D eigenvalue weighted by Gasteiger charge is 2.49. The van der Waals surface area contributed by atoms with E-state index in [1.807, 2.05) is 6.92 Å². The monoisotopic (exact) mass is 393 g/mol. The lowest BCUT2D eigenvalue weighted by atomic mass is 9.90. The molecule has 0 saturated carbocycles. The van der Waals surface area contributed by atoms with Crippen LogP contribution in [-0.4, -0.2) is 46.1 Å². The van der Waals surface area contributed by atoms with Gasteiger partial charge in [-0.15, -0.1) is 11.8 Å². The molecule has 0 aromatic carbocycles. The SMILES string of the molecule is C/C1=C/C(=O)O[C@@H]2C[C@@H](CC[C@H](C)C#CCC1)O[C@@](O)([C@@H]1CSC(=O)N1)C2. The van der Waals surface area contributed by atoms with Crippen molar-refractivity contribution in [2.24, 2.45) is 5.92 Å². The van der Waals surface area contributed by atoms with Gasteiger partial charge in [-0.25, -0.2) is 4.79 Å². The van der Waals surface area contributed by atoms with Crippen LogP contribution in [0.2, 0.25) is 0 Å². The van der Waals surface area contributed by atoms with Gasteiger partial charge in [0.05, 0.1) is 12.1 Å². The maximum atomic E-state index is 12.3. The maximum Gasteiger partial charge on any atom is 0.330 e. The van der Waals surface area contributed by atoms with Crippen LogP contribution in [0.4, 0.5) is 4.79 Å². The van der Waals surface area contributed by atoms with Crippen molar-refractivity contribution in [3.8, 4) is 11.8 Å². The predicted octanol–water partition coefficient (Wildman–Crippen LogP) is 2.75. The van der Waals surface area contributed by atoms with Gasteiger partial charge in [-0.3, -0.25) is 4.79 Å². The first-order chi connectivity index (χ1) is 12.8. The van der Waals surface area contributed by atoms with Crippen molar-refractivity contribution in [3.05, 3.63) is 11.6 Å². The summed E-state index contributed by atoms with van der Waals surface area (Å²) in [5.41, 5.74) is 0.928. The predicted molar refractivity (Wildman–Crippen MR) is 103 cm³/mol. The number of aliphatic hydroxyl groups is 1. The fraction of sp³-hybridized carbons (Fsp3) is 0.700. The third-order valence-corrected chi connectivity index (χ3v) is 6.08. The second-order valence-electron chi connectivity index (χ2n) is 7.67. The Morgan fingerprint density at radius 3 is 2.89 bits per heavy atom. The zero-order valence-corrected chi connectivity index (χ0v) is 16.6. The Kier molecular flexibility index (Phi) is 6.51. The molecule has 0 unspecified atom stereocenters. The van der Waals surface area contributed by atoms with E-state index in [4.69, 9.17) is 9.47 Å². The van der Waals surface area contributed by atoms with Gasteiger partial charge in [0.1, 0.15) is 6.10 Å². The molecule has 2 fully saturated rings. The number of amides is 1. The molecule has 27 heavy (non-hydrogen) atoms. The second-order valence-corrected chi connectivity index (χ2v) is 8.66. The summed E-state index contributed by atoms with van der Waals surface area (Å²) in [5.74, 6) is 5.16. The number of allylic oxidation sites excluding steroid dienone is 1. The van der Waals surface area contributed by atoms with Crippen LogP contribution in [0.5, 0.6) is 0 Å². The van der Waals surface area contributed by atoms with Crippen LogP contribution < -0.4 is 5.32 Å². The Labute approximate surface area is 164 Å². The molecule has 0 radical (unpaired) electrons. The van der Waals surface area contributed by atoms with E-state index in [-0.39, 0.29) is 23.7 Å². The average Bonchev–Trinajstić information content (AvgIpc) is 3.03. The number of thioether (sulfide) groups is 1. The average molecular weight is 394 g/mol. The molecule has 0 aromatic rings. The van der Waals surface area contributed by atoms with Crippen molar-refractivity contribution in [2.45, 2.75) is 76.4 Å². The summed E-state index contributed by atoms with van der Waals surface area (Å²) in [4.78, 5) is 23.8. The van der Waals surface area contributed by atoms with Gasteiger partial charge in [0.2, 0.25) is 0 Å². The number of hydrogen-bond donors (Lipinski definition) is 2. The van der Waals surface area contributed by atoms with Crippen LogP contribution in [0.1, 0.15) is 52.4 Å². The highest BCUT2D eigenvalue weighted by Crippen LogP contribution is 2.36. The van der Waals surface area contributed by atoms with Crippen LogP contribution in [0.25, 0.3) is 0 Å². The lowest BCUT2D eigenvalue weighted by Crippen LogP contribution is -2.58. The topological polar surface area (TPSA) is 84.9 Å². The number of fused-ring (bicyclic) bond motifs is 2. The van der Waals surface area contributed by atoms with Crippen molar-refractivity contribution in [1.82, 2.24) is 5.32 Å². The molecule has 148 valence electrons. The van der Waals surface area contributed by atoms with E-state index in [1.54, 1.807) is 0 Å². The van der Waals surface area contributed by atoms with E-state index in [2.05, 4.69) is 24.1 Å². The van der Waals surface area contributed by atoms with Gasteiger partial charge in [-0.1, -0.05) is 24.3 Å². The minimum atomic E-state index is -1.53. The number of carbonyl (C=O) groups is 2. The lowest BCUT2D eigenvalue weighted by molar-refractivity contribution is -0.283. The number of ether oxygens (including phenoxy) is 2. The Hall–Kier alpha value is -1.49. The zero-order valence-electron chi connectivity index (χ0n) is 15.8. The molecule has 3 heterocycles. The van der Waals surface area contributed by atoms with Crippen LogP contribution in [0, 0.1) is 17.8 Å². The van der Waals surface area contributed by atoms with Crippen LogP contribution >= 0.6 is 11.8 Å². The molecule has 1 amide bonds. The van der Waals surface area contributed by atoms with Crippen LogP contribution in [-0.2, 0) is 14.3 Å². The fourth-order valence-corrected chi connectivity index (χ4v) is 4.58. The van der Waals surface area contributed by atoms with Crippen LogP contribution in [0.15, 0.2) is 11.6 Å². The van der Waals surface area contributed by atoms with E-state index in [9.17, 15) is 14.7 Å². The highest BCUT2D eigenvalue weighted by atomic mass is 32.2. The zero-order chi connectivity index (χ0) is 19.4. The van der Waals surface area contributed by atoms with E-state index < -0.39 is 23.9 Å². The summed E-state index contributed by atoms with van der Waals surface area (Å²) >= 11 is 1.13. The normalized spacial score (nSPS) is 39.9. The molecule has 2 saturated heterocycles. The second kappa shape index (κ2) is 8.68. The Bertz CT molecular complexity index is 682. The number of carbonyl (C=O) groups excluding carboxylic acids is 2. The van der Waals surface area contributed by atoms with E-state index in [0.717, 1.165) is 43.0 Å². The molecule has 2 bridgehead atoms. The van der Waals surface area contributed by atoms with E-state index in [0.29, 0.717) is 12.2 Å². The molecule has 0 spiro atoms. The minimum absolute atomic E-state index is 0.156. The van der Waals surface area contributed by atoms with Crippen molar-refractivity contribution < 1.29 is 24.2 Å². The number of hydrogen-bond acceptors (Lipinski definition) is 6. The lowest BCUT2D eigenvalue weighted by Gasteiger charge is -2.43. The smallest absolute Gasteiger partial charge is 0.330 e. The molecule has 3 aliphatic heterocycles. The molecule has 3 aliphatic rings. The summed E-state index contributed by atoms with van der Waals surface area (Å²) in [5, 5.41) is 13.7. The first-order valence-electron chi connectivity index (χ1n) is 9.54. The quantitative estimate of drug-likeness (QED) is 0.526. The van der Waals surface area contributed by atoms with Gasteiger partial charge in [-0.2, -0.15) is 0 Å². The molecule has 3 rings (SSSR count). The van der Waals surface area contributed by atoms with Crippen LogP contribution in [0.3, 0.4) is 0 Å². The largest absolute Gasteiger partial charge is 0.459 e. The Morgan fingerprint density at radius 2 is 2.15 bits per heavy atom. The molecule has 5 atom stereocenters. The van der Waals surface area contributed by atoms with Gasteiger partial charge >= 0.3 is 5.97 Å². The third kappa shape index (κ3) is 5.50. The Balaban J connectivity index is 1.79. The summed E-state index contributed by atoms with van der Waals surface area (Å²) in [6.07, 6.45) is 4.52. The van der Waals surface area contributed by atoms with E-state index in [1.165, 1.54) is 6.08 Å². The summed E-state index contributed by atoms with van der Waals surface area (Å²) in [6, 6.07) is -0.507. The molecular formula is C20H27NO5S. The van der Waals surface area contributed by atoms with Gasteiger partial charge in [-0.05, 0) is 26.2 Å². The number of esters is 1. The van der Waals surface area contributed by atoms with Gasteiger partial charge < -0.3 is 19.9 Å². The van der Waals surface area contributed by atoms with Crippen molar-refractivity contribution in [2.75, 3.05) is 5.75 Å². The molecule has 0 aliphatic carbocycles. The maximum absolute atomic E-state index is 12.3. The van der Waals surface area contributed by atoms with Gasteiger partial charge in [0, 0.05) is 37.0 Å². The summed E-state index contributed by atoms with van der Waals surface area (Å²) < 4.78 is 11.6. The van der Waals surface area contributed by atoms with Gasteiger partial charge in [0.25, 0.3) is 5.24 Å². The Morgan fingerprint density at radius 1 is 1.33 bits per heavy atom. The number of rotatable bonds is 1. The van der Waals surface area contributed by atoms with Crippen molar-refractivity contribution in [3.63, 3.8) is 0 Å². The molecule has 7 heteroatoms. The summed E-state index contributed by atoms with van der Waals surface area (Å²) in [6.45, 7) is 3.98. The fourth-order valence-electron chi connectivity index (χ4n) is 3.69. The third-order valence-electron chi connectivity index (χ3n) is 5.20. The first-order valence-corrected chi connectivity index (χ1v) is 10.5. The minimum Gasteiger partial charge on any atom is -0.459 e. The molecular weight excluding hydrogens is 366 g/mol. The van der Waals surface area contributed by atoms with E-state index >= 15 is 0 Å². The van der Waals surface area contributed by atoms with Crippen molar-refractivity contribution >= 4 is 23.0 Å². The standard InChI is InChI=1S/C20H27NO5S/c1-13-5-3-4-6-14(2)9-18(22)25-16-10-15(8-7-13)26-20(24,11-16)17-12-27-19(23)21-17/h9,13,15-17,24H,4,6-8,10-12H2,1-2H3,(H,21,23)/b14-9-/t13-,15-,16-,17+,20-/m1/s1. The number of nitrogens with one attached hydrogen (secondary N) is 1. The van der Waals surface area contributed by atoms with Gasteiger partial charge in [0.15, 0.2) is 5.79 Å². The molecule has 6 nitrogen and oxygen atoms in total. The summed E-state index contributed by atoms with van der Waals surface area (Å²) in [7, 11) is 0. The molecule has 0 aromatic heterocycles. The highest BCUT2D eigenvalue weighted by molar-refractivity contribution is 8.14. The van der Waals surface area contributed by atoms with Crippen molar-refractivity contribution in [1.29, 1.82) is 0 Å².